The Labute approximate surface area is 149 Å². The van der Waals surface area contributed by atoms with Gasteiger partial charge in [-0.3, -0.25) is 0 Å². The molecule has 0 saturated heterocycles. The summed E-state index contributed by atoms with van der Waals surface area (Å²) in [5.41, 5.74) is 6.21. The number of hydrogen-bond acceptors (Lipinski definition) is 0. The van der Waals surface area contributed by atoms with Crippen LogP contribution in [0, 0.1) is 23.7 Å². The smallest absolute Gasteiger partial charge is 0.0487 e. The number of fused-ring (bicyclic) bond motifs is 9. The second kappa shape index (κ2) is 4.67. The van der Waals surface area contributed by atoms with E-state index in [-0.39, 0.29) is 5.41 Å². The SMILES string of the molecule is Clc1cccc2c1-c1ccccc1C21C2CC3CCCC1C(C3)C2. The highest BCUT2D eigenvalue weighted by Gasteiger charge is 2.62. The van der Waals surface area contributed by atoms with Crippen LogP contribution in [0.15, 0.2) is 42.5 Å². The summed E-state index contributed by atoms with van der Waals surface area (Å²) in [5.74, 6) is 3.58. The average molecular weight is 335 g/mol. The maximum atomic E-state index is 6.74. The maximum Gasteiger partial charge on any atom is 0.0487 e. The molecule has 0 radical (unpaired) electrons. The minimum Gasteiger partial charge on any atom is -0.0837 e. The Bertz CT molecular complexity index is 838. The third-order valence-corrected chi connectivity index (χ3v) is 8.18. The van der Waals surface area contributed by atoms with Crippen molar-refractivity contribution in [2.45, 2.75) is 43.9 Å². The van der Waals surface area contributed by atoms with Gasteiger partial charge in [-0.15, -0.1) is 0 Å². The van der Waals surface area contributed by atoms with Gasteiger partial charge in [0, 0.05) is 16.0 Å². The van der Waals surface area contributed by atoms with Crippen molar-refractivity contribution in [2.75, 3.05) is 0 Å². The summed E-state index contributed by atoms with van der Waals surface area (Å²) >= 11 is 6.74. The highest BCUT2D eigenvalue weighted by Crippen LogP contribution is 2.70. The van der Waals surface area contributed by atoms with Gasteiger partial charge in [-0.25, -0.2) is 0 Å². The van der Waals surface area contributed by atoms with Crippen LogP contribution in [0.25, 0.3) is 11.1 Å². The lowest BCUT2D eigenvalue weighted by atomic mass is 9.62. The molecule has 24 heavy (non-hydrogen) atoms. The molecule has 5 unspecified atom stereocenters. The van der Waals surface area contributed by atoms with Gasteiger partial charge < -0.3 is 0 Å². The predicted molar refractivity (Wildman–Crippen MR) is 99.3 cm³/mol. The molecule has 2 aromatic carbocycles. The highest BCUT2D eigenvalue weighted by molar-refractivity contribution is 6.33. The van der Waals surface area contributed by atoms with Crippen molar-refractivity contribution in [3.63, 3.8) is 0 Å². The Balaban J connectivity index is 1.71. The monoisotopic (exact) mass is 334 g/mol. The molecule has 1 spiro atoms. The van der Waals surface area contributed by atoms with Gasteiger partial charge in [0.2, 0.25) is 0 Å². The van der Waals surface area contributed by atoms with E-state index >= 15 is 0 Å². The van der Waals surface area contributed by atoms with Crippen LogP contribution < -0.4 is 0 Å². The van der Waals surface area contributed by atoms with E-state index < -0.39 is 0 Å². The van der Waals surface area contributed by atoms with Gasteiger partial charge in [0.15, 0.2) is 0 Å². The van der Waals surface area contributed by atoms with Crippen LogP contribution in [0.2, 0.25) is 5.02 Å². The predicted octanol–water partition coefficient (Wildman–Crippen LogP) is 6.45. The summed E-state index contributed by atoms with van der Waals surface area (Å²) in [6.45, 7) is 0. The van der Waals surface area contributed by atoms with Gasteiger partial charge in [-0.2, -0.15) is 0 Å². The first-order valence-corrected chi connectivity index (χ1v) is 10.1. The van der Waals surface area contributed by atoms with E-state index in [1.807, 2.05) is 0 Å². The normalized spacial score (nSPS) is 38.2. The molecule has 5 atom stereocenters. The van der Waals surface area contributed by atoms with Gasteiger partial charge in [0.25, 0.3) is 0 Å². The molecule has 0 N–H and O–H groups in total. The number of hydrogen-bond donors (Lipinski definition) is 0. The summed E-state index contributed by atoms with van der Waals surface area (Å²) in [7, 11) is 0. The first-order chi connectivity index (χ1) is 11.8. The summed E-state index contributed by atoms with van der Waals surface area (Å²) < 4.78 is 0. The van der Waals surface area contributed by atoms with Crippen molar-refractivity contribution in [3.8, 4) is 11.1 Å². The molecule has 0 amide bonds. The van der Waals surface area contributed by atoms with Gasteiger partial charge in [-0.1, -0.05) is 60.8 Å². The van der Waals surface area contributed by atoms with Crippen LogP contribution in [0.5, 0.6) is 0 Å². The first kappa shape index (κ1) is 14.0. The molecular weight excluding hydrogens is 312 g/mol. The van der Waals surface area contributed by atoms with Crippen molar-refractivity contribution < 1.29 is 0 Å². The number of benzene rings is 2. The zero-order valence-electron chi connectivity index (χ0n) is 14.0. The molecule has 0 nitrogen and oxygen atoms in total. The molecule has 0 aromatic heterocycles. The topological polar surface area (TPSA) is 0 Å². The molecule has 0 aliphatic heterocycles. The highest BCUT2D eigenvalue weighted by atomic mass is 35.5. The molecule has 6 rings (SSSR count). The van der Waals surface area contributed by atoms with Crippen LogP contribution in [-0.2, 0) is 5.41 Å². The third kappa shape index (κ3) is 1.48. The summed E-state index contributed by atoms with van der Waals surface area (Å²) in [4.78, 5) is 0. The lowest BCUT2D eigenvalue weighted by Gasteiger charge is -2.41. The number of halogens is 1. The van der Waals surface area contributed by atoms with E-state index in [1.54, 1.807) is 11.1 Å². The Morgan fingerprint density at radius 2 is 1.75 bits per heavy atom. The zero-order chi connectivity index (χ0) is 15.9. The van der Waals surface area contributed by atoms with E-state index in [2.05, 4.69) is 42.5 Å². The van der Waals surface area contributed by atoms with E-state index in [0.717, 1.165) is 28.7 Å². The molecule has 2 aromatic rings. The first-order valence-electron chi connectivity index (χ1n) is 9.69. The molecule has 122 valence electrons. The van der Waals surface area contributed by atoms with Crippen LogP contribution in [0.1, 0.15) is 49.7 Å². The lowest BCUT2D eigenvalue weighted by molar-refractivity contribution is 0.224. The second-order valence-electron chi connectivity index (χ2n) is 8.64. The Kier molecular flexibility index (Phi) is 2.71. The van der Waals surface area contributed by atoms with E-state index in [0.29, 0.717) is 0 Å². The van der Waals surface area contributed by atoms with Crippen LogP contribution >= 0.6 is 11.6 Å². The maximum absolute atomic E-state index is 6.74. The van der Waals surface area contributed by atoms with Gasteiger partial charge in [0.05, 0.1) is 0 Å². The zero-order valence-corrected chi connectivity index (χ0v) is 14.7. The average Bonchev–Trinajstić information content (AvgIpc) is 2.95. The van der Waals surface area contributed by atoms with Crippen molar-refractivity contribution in [1.29, 1.82) is 0 Å². The summed E-state index contributed by atoms with van der Waals surface area (Å²) in [6, 6.07) is 15.9. The van der Waals surface area contributed by atoms with Crippen LogP contribution in [-0.4, -0.2) is 0 Å². The quantitative estimate of drug-likeness (QED) is 0.519. The fraction of sp³-hybridized carbons (Fsp3) is 0.478. The summed E-state index contributed by atoms with van der Waals surface area (Å²) in [5, 5.41) is 0.950. The Morgan fingerprint density at radius 3 is 2.71 bits per heavy atom. The molecule has 4 aliphatic rings. The lowest BCUT2D eigenvalue weighted by Crippen LogP contribution is -2.37. The van der Waals surface area contributed by atoms with E-state index in [9.17, 15) is 0 Å². The van der Waals surface area contributed by atoms with Gasteiger partial charge >= 0.3 is 0 Å². The Hall–Kier alpha value is -1.27. The molecular formula is C23H23Cl. The minimum absolute atomic E-state index is 0.261. The van der Waals surface area contributed by atoms with Crippen LogP contribution in [0.4, 0.5) is 0 Å². The molecule has 3 fully saturated rings. The molecule has 3 bridgehead atoms. The third-order valence-electron chi connectivity index (χ3n) is 7.87. The fourth-order valence-corrected chi connectivity index (χ4v) is 7.65. The Morgan fingerprint density at radius 1 is 0.875 bits per heavy atom. The van der Waals surface area contributed by atoms with Crippen molar-refractivity contribution in [2.24, 2.45) is 23.7 Å². The van der Waals surface area contributed by atoms with Gasteiger partial charge in [-0.05, 0) is 72.1 Å². The molecule has 1 heteroatoms. The number of rotatable bonds is 0. The van der Waals surface area contributed by atoms with Crippen LogP contribution in [0.3, 0.4) is 0 Å². The largest absolute Gasteiger partial charge is 0.0837 e. The fourth-order valence-electron chi connectivity index (χ4n) is 7.37. The minimum atomic E-state index is 0.261. The van der Waals surface area contributed by atoms with Gasteiger partial charge in [0.1, 0.15) is 0 Å². The summed E-state index contributed by atoms with van der Waals surface area (Å²) in [6.07, 6.45) is 8.69. The molecule has 0 heterocycles. The molecule has 3 saturated carbocycles. The van der Waals surface area contributed by atoms with E-state index in [1.165, 1.54) is 49.7 Å². The standard InChI is InChI=1S/C23H23Cl/c24-21-10-4-9-20-22(21)17-6-1-2-7-19(17)23(20)16-12-14-5-3-8-18(23)15(11-14)13-16/h1-2,4,6-7,9-10,14-16,18H,3,5,8,11-13H2. The van der Waals surface area contributed by atoms with Crippen molar-refractivity contribution in [1.82, 2.24) is 0 Å². The van der Waals surface area contributed by atoms with E-state index in [4.69, 9.17) is 11.6 Å². The van der Waals surface area contributed by atoms with Crippen molar-refractivity contribution in [3.05, 3.63) is 58.6 Å². The van der Waals surface area contributed by atoms with Crippen molar-refractivity contribution >= 4 is 11.6 Å². The molecule has 4 aliphatic carbocycles. The second-order valence-corrected chi connectivity index (χ2v) is 9.05.